The van der Waals surface area contributed by atoms with Crippen molar-refractivity contribution in [2.24, 2.45) is 16.3 Å². The number of piperidine rings is 1. The number of hydrogen-bond acceptors (Lipinski definition) is 3. The van der Waals surface area contributed by atoms with E-state index in [9.17, 15) is 4.79 Å². The van der Waals surface area contributed by atoms with Crippen molar-refractivity contribution in [1.82, 2.24) is 15.5 Å². The van der Waals surface area contributed by atoms with Crippen LogP contribution in [0.15, 0.2) is 4.99 Å². The average Bonchev–Trinajstić information content (AvgIpc) is 3.37. The number of aliphatic imine (C=N–C) groups is 1. The van der Waals surface area contributed by atoms with Crippen LogP contribution in [0, 0.1) is 11.3 Å². The Bertz CT molecular complexity index is 427. The van der Waals surface area contributed by atoms with Crippen LogP contribution in [0.25, 0.3) is 0 Å². The first kappa shape index (κ1) is 19.0. The molecule has 2 rings (SSSR count). The lowest BCUT2D eigenvalue weighted by Gasteiger charge is -2.34. The van der Waals surface area contributed by atoms with Gasteiger partial charge in [-0.05, 0) is 50.4 Å². The Hall–Kier alpha value is -1.30. The van der Waals surface area contributed by atoms with Crippen molar-refractivity contribution < 1.29 is 9.53 Å². The van der Waals surface area contributed by atoms with Crippen LogP contribution < -0.4 is 10.6 Å². The highest BCUT2D eigenvalue weighted by Crippen LogP contribution is 2.48. The smallest absolute Gasteiger partial charge is 0.220 e. The Labute approximate surface area is 146 Å². The van der Waals surface area contributed by atoms with Gasteiger partial charge in [0.05, 0.1) is 0 Å². The zero-order valence-corrected chi connectivity index (χ0v) is 15.6. The summed E-state index contributed by atoms with van der Waals surface area (Å²) in [4.78, 5) is 18.3. The van der Waals surface area contributed by atoms with Crippen LogP contribution in [0.4, 0.5) is 0 Å². The van der Waals surface area contributed by atoms with E-state index >= 15 is 0 Å². The number of guanidine groups is 1. The summed E-state index contributed by atoms with van der Waals surface area (Å²) in [6.07, 6.45) is 6.49. The van der Waals surface area contributed by atoms with Crippen molar-refractivity contribution in [3.05, 3.63) is 0 Å². The first-order valence-electron chi connectivity index (χ1n) is 9.36. The van der Waals surface area contributed by atoms with E-state index in [0.29, 0.717) is 17.8 Å². The number of likely N-dealkylation sites (tertiary alicyclic amines) is 1. The van der Waals surface area contributed by atoms with Crippen LogP contribution in [0.5, 0.6) is 0 Å². The third-order valence-electron chi connectivity index (χ3n) is 5.44. The largest absolute Gasteiger partial charge is 0.382 e. The predicted octanol–water partition coefficient (Wildman–Crippen LogP) is 1.62. The molecule has 0 aromatic rings. The molecule has 0 radical (unpaired) electrons. The molecule has 1 amide bonds. The molecule has 0 aromatic heterocycles. The SMILES string of the molecule is CCOCCC1(CNC(=NC)N2CCC(CC(=O)NC)CC2)CC1. The summed E-state index contributed by atoms with van der Waals surface area (Å²) in [7, 11) is 3.57. The Morgan fingerprint density at radius 3 is 2.58 bits per heavy atom. The van der Waals surface area contributed by atoms with Gasteiger partial charge in [0.15, 0.2) is 5.96 Å². The van der Waals surface area contributed by atoms with Gasteiger partial charge in [-0.1, -0.05) is 0 Å². The second-order valence-corrected chi connectivity index (χ2v) is 7.16. The van der Waals surface area contributed by atoms with Gasteiger partial charge >= 0.3 is 0 Å². The normalized spacial score (nSPS) is 20.8. The molecule has 1 saturated heterocycles. The molecule has 24 heavy (non-hydrogen) atoms. The van der Waals surface area contributed by atoms with Crippen LogP contribution in [-0.2, 0) is 9.53 Å². The minimum Gasteiger partial charge on any atom is -0.382 e. The minimum atomic E-state index is 0.154. The van der Waals surface area contributed by atoms with Crippen LogP contribution in [0.3, 0.4) is 0 Å². The van der Waals surface area contributed by atoms with Crippen LogP contribution in [0.2, 0.25) is 0 Å². The highest BCUT2D eigenvalue weighted by Gasteiger charge is 2.42. The van der Waals surface area contributed by atoms with Gasteiger partial charge in [0.2, 0.25) is 5.91 Å². The topological polar surface area (TPSA) is 66.0 Å². The molecule has 138 valence electrons. The standard InChI is InChI=1S/C18H34N4O2/c1-4-24-12-9-18(7-8-18)14-21-17(20-3)22-10-5-15(6-11-22)13-16(23)19-2/h15H,4-14H2,1-3H3,(H,19,23)(H,20,21). The van der Waals surface area contributed by atoms with Crippen molar-refractivity contribution in [2.75, 3.05) is 46.9 Å². The maximum atomic E-state index is 11.5. The monoisotopic (exact) mass is 338 g/mol. The highest BCUT2D eigenvalue weighted by molar-refractivity contribution is 5.80. The Kier molecular flexibility index (Phi) is 7.34. The van der Waals surface area contributed by atoms with Gasteiger partial charge in [-0.25, -0.2) is 0 Å². The first-order valence-corrected chi connectivity index (χ1v) is 9.36. The molecule has 1 heterocycles. The van der Waals surface area contributed by atoms with Gasteiger partial charge in [0.25, 0.3) is 0 Å². The summed E-state index contributed by atoms with van der Waals surface area (Å²) in [5.74, 6) is 1.66. The third kappa shape index (κ3) is 5.65. The van der Waals surface area contributed by atoms with Crippen LogP contribution >= 0.6 is 0 Å². The second-order valence-electron chi connectivity index (χ2n) is 7.16. The lowest BCUT2D eigenvalue weighted by Crippen LogP contribution is -2.47. The van der Waals surface area contributed by atoms with Gasteiger partial charge in [0, 0.05) is 53.4 Å². The maximum absolute atomic E-state index is 11.5. The first-order chi connectivity index (χ1) is 11.6. The number of carbonyl (C=O) groups excluding carboxylic acids is 1. The quantitative estimate of drug-likeness (QED) is 0.401. The van der Waals surface area contributed by atoms with Gasteiger partial charge < -0.3 is 20.3 Å². The van der Waals surface area contributed by atoms with Crippen LogP contribution in [0.1, 0.15) is 45.4 Å². The number of ether oxygens (including phenoxy) is 1. The summed E-state index contributed by atoms with van der Waals surface area (Å²) in [5, 5.41) is 6.30. The van der Waals surface area contributed by atoms with E-state index < -0.39 is 0 Å². The second kappa shape index (κ2) is 9.25. The molecule has 0 aromatic carbocycles. The van der Waals surface area contributed by atoms with Gasteiger partial charge in [0.1, 0.15) is 0 Å². The molecule has 0 unspecified atom stereocenters. The van der Waals surface area contributed by atoms with E-state index in [1.165, 1.54) is 12.8 Å². The number of hydrogen-bond donors (Lipinski definition) is 2. The third-order valence-corrected chi connectivity index (χ3v) is 5.44. The summed E-state index contributed by atoms with van der Waals surface area (Å²) >= 11 is 0. The van der Waals surface area contributed by atoms with Crippen molar-refractivity contribution in [2.45, 2.75) is 45.4 Å². The van der Waals surface area contributed by atoms with Gasteiger partial charge in [-0.15, -0.1) is 0 Å². The zero-order chi connectivity index (χ0) is 17.4. The Balaban J connectivity index is 1.72. The summed E-state index contributed by atoms with van der Waals surface area (Å²) in [6, 6.07) is 0. The van der Waals surface area contributed by atoms with E-state index in [0.717, 1.165) is 58.1 Å². The van der Waals surface area contributed by atoms with E-state index in [1.807, 2.05) is 14.0 Å². The van der Waals surface area contributed by atoms with Crippen molar-refractivity contribution >= 4 is 11.9 Å². The molecule has 6 heteroatoms. The van der Waals surface area contributed by atoms with Gasteiger partial charge in [-0.3, -0.25) is 9.79 Å². The molecule has 0 atom stereocenters. The average molecular weight is 338 g/mol. The Morgan fingerprint density at radius 2 is 2.04 bits per heavy atom. The van der Waals surface area contributed by atoms with Crippen LogP contribution in [-0.4, -0.2) is 63.7 Å². The molecule has 2 fully saturated rings. The molecule has 0 spiro atoms. The molecule has 2 aliphatic rings. The predicted molar refractivity (Wildman–Crippen MR) is 97.1 cm³/mol. The molecule has 2 N–H and O–H groups in total. The fourth-order valence-electron chi connectivity index (χ4n) is 3.44. The van der Waals surface area contributed by atoms with Crippen molar-refractivity contribution in [3.63, 3.8) is 0 Å². The molecular weight excluding hydrogens is 304 g/mol. The summed E-state index contributed by atoms with van der Waals surface area (Å²) < 4.78 is 5.51. The molecule has 1 aliphatic heterocycles. The maximum Gasteiger partial charge on any atom is 0.220 e. The number of rotatable bonds is 8. The van der Waals surface area contributed by atoms with E-state index in [-0.39, 0.29) is 5.91 Å². The molecule has 0 bridgehead atoms. The number of nitrogens with zero attached hydrogens (tertiary/aromatic N) is 2. The molecule has 6 nitrogen and oxygen atoms in total. The summed E-state index contributed by atoms with van der Waals surface area (Å²) in [6.45, 7) is 6.66. The van der Waals surface area contributed by atoms with E-state index in [2.05, 4.69) is 20.5 Å². The Morgan fingerprint density at radius 1 is 1.33 bits per heavy atom. The van der Waals surface area contributed by atoms with Gasteiger partial charge in [-0.2, -0.15) is 0 Å². The van der Waals surface area contributed by atoms with Crippen molar-refractivity contribution in [1.29, 1.82) is 0 Å². The summed E-state index contributed by atoms with van der Waals surface area (Å²) in [5.41, 5.74) is 0.419. The molecule has 1 saturated carbocycles. The number of amides is 1. The van der Waals surface area contributed by atoms with E-state index in [4.69, 9.17) is 4.74 Å². The van der Waals surface area contributed by atoms with Crippen molar-refractivity contribution in [3.8, 4) is 0 Å². The lowest BCUT2D eigenvalue weighted by molar-refractivity contribution is -0.121. The number of carbonyl (C=O) groups is 1. The minimum absolute atomic E-state index is 0.154. The zero-order valence-electron chi connectivity index (χ0n) is 15.6. The lowest BCUT2D eigenvalue weighted by atomic mass is 9.93. The molecular formula is C18H34N4O2. The van der Waals surface area contributed by atoms with E-state index in [1.54, 1.807) is 7.05 Å². The fourth-order valence-corrected chi connectivity index (χ4v) is 3.44. The number of nitrogens with one attached hydrogen (secondary N) is 2. The molecule has 1 aliphatic carbocycles. The fraction of sp³-hybridized carbons (Fsp3) is 0.889. The highest BCUT2D eigenvalue weighted by atomic mass is 16.5.